The molecule has 1 aromatic rings. The number of hydrogen-bond acceptors (Lipinski definition) is 2. The first-order valence-electron chi connectivity index (χ1n) is 6.88. The van der Waals surface area contributed by atoms with Crippen molar-refractivity contribution in [2.24, 2.45) is 11.1 Å². The van der Waals surface area contributed by atoms with E-state index >= 15 is 0 Å². The molecule has 1 aliphatic heterocycles. The molecule has 0 unspecified atom stereocenters. The lowest BCUT2D eigenvalue weighted by Gasteiger charge is -2.38. The highest BCUT2D eigenvalue weighted by Crippen LogP contribution is 2.36. The van der Waals surface area contributed by atoms with E-state index in [-0.39, 0.29) is 12.1 Å². The SMILES string of the molecule is CC1(C)CCN(c2ccc(C(F)(F)F)c(CN)c2)CC1. The van der Waals surface area contributed by atoms with Crippen molar-refractivity contribution in [2.75, 3.05) is 18.0 Å². The minimum atomic E-state index is -4.34. The molecule has 1 aromatic carbocycles. The van der Waals surface area contributed by atoms with Crippen molar-refractivity contribution in [3.05, 3.63) is 29.3 Å². The number of nitrogens with two attached hydrogens (primary N) is 1. The maximum Gasteiger partial charge on any atom is 0.416 e. The zero-order chi connectivity index (χ0) is 15.0. The van der Waals surface area contributed by atoms with Crippen LogP contribution in [0.15, 0.2) is 18.2 Å². The normalized spacial score (nSPS) is 19.2. The number of halogens is 3. The molecular formula is C15H21F3N2. The quantitative estimate of drug-likeness (QED) is 0.896. The molecule has 0 radical (unpaired) electrons. The second-order valence-corrected chi connectivity index (χ2v) is 6.19. The molecule has 0 amide bonds. The Morgan fingerprint density at radius 3 is 2.30 bits per heavy atom. The van der Waals surface area contributed by atoms with Gasteiger partial charge >= 0.3 is 6.18 Å². The van der Waals surface area contributed by atoms with E-state index in [9.17, 15) is 13.2 Å². The summed E-state index contributed by atoms with van der Waals surface area (Å²) in [5.41, 5.74) is 6.17. The predicted octanol–water partition coefficient (Wildman–Crippen LogP) is 3.79. The second kappa shape index (κ2) is 5.28. The van der Waals surface area contributed by atoms with Crippen LogP contribution < -0.4 is 10.6 Å². The summed E-state index contributed by atoms with van der Waals surface area (Å²) < 4.78 is 38.5. The Labute approximate surface area is 117 Å². The third kappa shape index (κ3) is 3.26. The van der Waals surface area contributed by atoms with Crippen LogP contribution >= 0.6 is 0 Å². The minimum Gasteiger partial charge on any atom is -0.371 e. The van der Waals surface area contributed by atoms with Crippen molar-refractivity contribution in [3.8, 4) is 0 Å². The van der Waals surface area contributed by atoms with Gasteiger partial charge in [-0.05, 0) is 42.0 Å². The number of nitrogens with zero attached hydrogens (tertiary/aromatic N) is 1. The average Bonchev–Trinajstić information content (AvgIpc) is 2.37. The summed E-state index contributed by atoms with van der Waals surface area (Å²) >= 11 is 0. The third-order valence-electron chi connectivity index (χ3n) is 4.10. The smallest absolute Gasteiger partial charge is 0.371 e. The molecular weight excluding hydrogens is 265 g/mol. The lowest BCUT2D eigenvalue weighted by atomic mass is 9.82. The molecule has 112 valence electrons. The molecule has 2 N–H and O–H groups in total. The van der Waals surface area contributed by atoms with Gasteiger partial charge in [0, 0.05) is 25.3 Å². The van der Waals surface area contributed by atoms with Gasteiger partial charge in [0.05, 0.1) is 5.56 Å². The van der Waals surface area contributed by atoms with Gasteiger partial charge in [-0.1, -0.05) is 13.8 Å². The maximum absolute atomic E-state index is 12.8. The Morgan fingerprint density at radius 1 is 1.20 bits per heavy atom. The number of benzene rings is 1. The average molecular weight is 286 g/mol. The van der Waals surface area contributed by atoms with Gasteiger partial charge in [0.25, 0.3) is 0 Å². The summed E-state index contributed by atoms with van der Waals surface area (Å²) in [6.45, 7) is 6.11. The zero-order valence-electron chi connectivity index (χ0n) is 11.9. The van der Waals surface area contributed by atoms with Crippen LogP contribution in [-0.4, -0.2) is 13.1 Å². The summed E-state index contributed by atoms with van der Waals surface area (Å²) in [4.78, 5) is 2.14. The van der Waals surface area contributed by atoms with Crippen LogP contribution in [0.2, 0.25) is 0 Å². The van der Waals surface area contributed by atoms with Gasteiger partial charge in [-0.15, -0.1) is 0 Å². The highest BCUT2D eigenvalue weighted by molar-refractivity contribution is 5.52. The first-order valence-corrected chi connectivity index (χ1v) is 6.88. The Balaban J connectivity index is 2.23. The molecule has 0 aromatic heterocycles. The van der Waals surface area contributed by atoms with E-state index in [1.807, 2.05) is 0 Å². The number of anilines is 1. The molecule has 5 heteroatoms. The summed E-state index contributed by atoms with van der Waals surface area (Å²) in [5.74, 6) is 0. The third-order valence-corrected chi connectivity index (χ3v) is 4.10. The molecule has 2 nitrogen and oxygen atoms in total. The van der Waals surface area contributed by atoms with E-state index in [0.717, 1.165) is 37.7 Å². The van der Waals surface area contributed by atoms with Crippen LogP contribution in [0.1, 0.15) is 37.8 Å². The van der Waals surface area contributed by atoms with Gasteiger partial charge < -0.3 is 10.6 Å². The van der Waals surface area contributed by atoms with Crippen LogP contribution in [0.25, 0.3) is 0 Å². The molecule has 0 bridgehead atoms. The largest absolute Gasteiger partial charge is 0.416 e. The summed E-state index contributed by atoms with van der Waals surface area (Å²) in [6.07, 6.45) is -2.24. The Kier molecular flexibility index (Phi) is 4.00. The van der Waals surface area contributed by atoms with Crippen molar-refractivity contribution >= 4 is 5.69 Å². The van der Waals surface area contributed by atoms with Gasteiger partial charge in [0.2, 0.25) is 0 Å². The minimum absolute atomic E-state index is 0.0952. The zero-order valence-corrected chi connectivity index (χ0v) is 11.9. The molecule has 1 fully saturated rings. The van der Waals surface area contributed by atoms with E-state index in [2.05, 4.69) is 18.7 Å². The maximum atomic E-state index is 12.8. The van der Waals surface area contributed by atoms with E-state index < -0.39 is 11.7 Å². The Morgan fingerprint density at radius 2 is 1.80 bits per heavy atom. The molecule has 2 rings (SSSR count). The fourth-order valence-electron chi connectivity index (χ4n) is 2.59. The van der Waals surface area contributed by atoms with E-state index in [1.165, 1.54) is 0 Å². The van der Waals surface area contributed by atoms with Crippen molar-refractivity contribution in [1.82, 2.24) is 0 Å². The highest BCUT2D eigenvalue weighted by Gasteiger charge is 2.33. The second-order valence-electron chi connectivity index (χ2n) is 6.19. The van der Waals surface area contributed by atoms with E-state index in [1.54, 1.807) is 12.1 Å². The van der Waals surface area contributed by atoms with Crippen molar-refractivity contribution in [2.45, 2.75) is 39.4 Å². The monoisotopic (exact) mass is 286 g/mol. The van der Waals surface area contributed by atoms with Crippen LogP contribution in [0.5, 0.6) is 0 Å². The summed E-state index contributed by atoms with van der Waals surface area (Å²) in [6, 6.07) is 4.29. The van der Waals surface area contributed by atoms with Gasteiger partial charge in [-0.2, -0.15) is 13.2 Å². The molecule has 0 spiro atoms. The lowest BCUT2D eigenvalue weighted by Crippen LogP contribution is -2.37. The standard InChI is InChI=1S/C15H21F3N2/c1-14(2)5-7-20(8-6-14)12-3-4-13(15(16,17)18)11(9-12)10-19/h3-4,9H,5-8,10,19H2,1-2H3. The fourth-order valence-corrected chi connectivity index (χ4v) is 2.59. The van der Waals surface area contributed by atoms with Crippen LogP contribution in [-0.2, 0) is 12.7 Å². The summed E-state index contributed by atoms with van der Waals surface area (Å²) in [7, 11) is 0. The first-order chi connectivity index (χ1) is 9.23. The van der Waals surface area contributed by atoms with E-state index in [0.29, 0.717) is 5.41 Å². The van der Waals surface area contributed by atoms with Gasteiger partial charge in [-0.25, -0.2) is 0 Å². The Hall–Kier alpha value is -1.23. The van der Waals surface area contributed by atoms with Gasteiger partial charge in [0.15, 0.2) is 0 Å². The molecule has 1 saturated heterocycles. The van der Waals surface area contributed by atoms with Gasteiger partial charge in [-0.3, -0.25) is 0 Å². The fraction of sp³-hybridized carbons (Fsp3) is 0.600. The molecule has 1 aliphatic rings. The topological polar surface area (TPSA) is 29.3 Å². The number of rotatable bonds is 2. The predicted molar refractivity (Wildman–Crippen MR) is 74.6 cm³/mol. The van der Waals surface area contributed by atoms with Crippen molar-refractivity contribution in [1.29, 1.82) is 0 Å². The molecule has 20 heavy (non-hydrogen) atoms. The molecule has 0 aliphatic carbocycles. The molecule has 0 saturated carbocycles. The van der Waals surface area contributed by atoms with Crippen LogP contribution in [0.3, 0.4) is 0 Å². The number of hydrogen-bond donors (Lipinski definition) is 1. The van der Waals surface area contributed by atoms with Crippen molar-refractivity contribution in [3.63, 3.8) is 0 Å². The summed E-state index contributed by atoms with van der Waals surface area (Å²) in [5, 5.41) is 0. The first kappa shape index (κ1) is 15.2. The number of piperidine rings is 1. The van der Waals surface area contributed by atoms with Crippen LogP contribution in [0.4, 0.5) is 18.9 Å². The van der Waals surface area contributed by atoms with E-state index in [4.69, 9.17) is 5.73 Å². The van der Waals surface area contributed by atoms with Gasteiger partial charge in [0.1, 0.15) is 0 Å². The Bertz CT molecular complexity index is 470. The highest BCUT2D eigenvalue weighted by atomic mass is 19.4. The molecule has 0 atom stereocenters. The number of alkyl halides is 3. The van der Waals surface area contributed by atoms with Crippen LogP contribution in [0, 0.1) is 5.41 Å². The van der Waals surface area contributed by atoms with Crippen molar-refractivity contribution < 1.29 is 13.2 Å². The lowest BCUT2D eigenvalue weighted by molar-refractivity contribution is -0.138. The molecule has 1 heterocycles.